The van der Waals surface area contributed by atoms with Crippen LogP contribution in [0.15, 0.2) is 12.4 Å². The van der Waals surface area contributed by atoms with E-state index in [9.17, 15) is 0 Å². The van der Waals surface area contributed by atoms with Crippen LogP contribution in [0.3, 0.4) is 0 Å². The Balaban J connectivity index is 0.000000490. The van der Waals surface area contributed by atoms with E-state index in [-0.39, 0.29) is 18.6 Å². The Hall–Kier alpha value is -0.336. The van der Waals surface area contributed by atoms with Crippen LogP contribution in [0.25, 0.3) is 0 Å². The third-order valence-electron chi connectivity index (χ3n) is 0.636. The molecule has 0 atom stereocenters. The van der Waals surface area contributed by atoms with Crippen molar-refractivity contribution in [3.8, 4) is 0 Å². The van der Waals surface area contributed by atoms with Gasteiger partial charge in [-0.25, -0.2) is 0 Å². The van der Waals surface area contributed by atoms with Crippen LogP contribution >= 0.6 is 0 Å². The van der Waals surface area contributed by atoms with Crippen LogP contribution in [0.4, 0.5) is 0 Å². The molecule has 0 unspecified atom stereocenters. The van der Waals surface area contributed by atoms with Crippen molar-refractivity contribution in [3.05, 3.63) is 24.3 Å². The molecule has 0 aliphatic carbocycles. The van der Waals surface area contributed by atoms with Crippen LogP contribution in [0.5, 0.6) is 0 Å². The summed E-state index contributed by atoms with van der Waals surface area (Å²) in [7, 11) is 0. The van der Waals surface area contributed by atoms with E-state index in [1.165, 1.54) is 0 Å². The summed E-state index contributed by atoms with van der Waals surface area (Å²) in [5, 5.41) is 0. The van der Waals surface area contributed by atoms with Crippen LogP contribution in [-0.2, 0) is 18.6 Å². The molecule has 0 fully saturated rings. The number of rotatable bonds is 0. The molecule has 1 aromatic heterocycles. The SMILES string of the molecule is Cc1[c-]nccn1.[V+2]. The average Bonchev–Trinajstić information content (AvgIpc) is 1.69. The molecule has 0 saturated heterocycles. The van der Waals surface area contributed by atoms with Crippen LogP contribution in [0.1, 0.15) is 5.69 Å². The predicted octanol–water partition coefficient (Wildman–Crippen LogP) is 0.583. The third kappa shape index (κ3) is 2.10. The fourth-order valence-corrected chi connectivity index (χ4v) is 0.338. The van der Waals surface area contributed by atoms with Crippen molar-refractivity contribution in [1.82, 2.24) is 9.97 Å². The molecule has 0 bridgehead atoms. The van der Waals surface area contributed by atoms with Gasteiger partial charge < -0.3 is 4.98 Å². The molecule has 0 saturated carbocycles. The maximum Gasteiger partial charge on any atom is 2.00 e. The summed E-state index contributed by atoms with van der Waals surface area (Å²) in [6.45, 7) is 1.85. The van der Waals surface area contributed by atoms with Gasteiger partial charge in [0.25, 0.3) is 0 Å². The fraction of sp³-hybridized carbons (Fsp3) is 0.200. The van der Waals surface area contributed by atoms with Gasteiger partial charge in [0.15, 0.2) is 0 Å². The maximum atomic E-state index is 3.86. The Kier molecular flexibility index (Phi) is 3.49. The van der Waals surface area contributed by atoms with Crippen molar-refractivity contribution in [1.29, 1.82) is 0 Å². The van der Waals surface area contributed by atoms with Gasteiger partial charge in [0, 0.05) is 0 Å². The van der Waals surface area contributed by atoms with Gasteiger partial charge in [-0.05, 0) is 18.8 Å². The smallest absolute Gasteiger partial charge is 0.456 e. The van der Waals surface area contributed by atoms with Crippen molar-refractivity contribution in [2.45, 2.75) is 6.92 Å². The van der Waals surface area contributed by atoms with E-state index in [0.29, 0.717) is 0 Å². The second-order valence-corrected chi connectivity index (χ2v) is 1.25. The Morgan fingerprint density at radius 1 is 1.50 bits per heavy atom. The molecule has 0 aliphatic rings. The van der Waals surface area contributed by atoms with E-state index < -0.39 is 0 Å². The molecule has 2 nitrogen and oxygen atoms in total. The zero-order valence-corrected chi connectivity index (χ0v) is 5.89. The topological polar surface area (TPSA) is 25.8 Å². The molecule has 0 aliphatic heterocycles. The minimum absolute atomic E-state index is 0. The first-order valence-electron chi connectivity index (χ1n) is 2.05. The first-order chi connectivity index (χ1) is 3.39. The molecule has 1 aromatic rings. The molecule has 0 N–H and O–H groups in total. The molecule has 1 radical (unpaired) electrons. The van der Waals surface area contributed by atoms with Gasteiger partial charge >= 0.3 is 18.6 Å². The van der Waals surface area contributed by atoms with E-state index in [1.54, 1.807) is 12.4 Å². The Labute approximate surface area is 60.2 Å². The van der Waals surface area contributed by atoms with Gasteiger partial charge in [0.2, 0.25) is 0 Å². The summed E-state index contributed by atoms with van der Waals surface area (Å²) in [5.74, 6) is 0. The van der Waals surface area contributed by atoms with Crippen molar-refractivity contribution < 1.29 is 18.6 Å². The van der Waals surface area contributed by atoms with Gasteiger partial charge in [-0.15, -0.1) is 12.4 Å². The summed E-state index contributed by atoms with van der Waals surface area (Å²) in [5.41, 5.74) is 0.836. The van der Waals surface area contributed by atoms with E-state index >= 15 is 0 Å². The molecule has 8 heavy (non-hydrogen) atoms. The monoisotopic (exact) mass is 144 g/mol. The molecule has 0 aromatic carbocycles. The fourth-order valence-electron chi connectivity index (χ4n) is 0.338. The first kappa shape index (κ1) is 7.66. The van der Waals surface area contributed by atoms with Crippen molar-refractivity contribution >= 4 is 0 Å². The van der Waals surface area contributed by atoms with E-state index in [0.717, 1.165) is 5.69 Å². The minimum atomic E-state index is 0. The van der Waals surface area contributed by atoms with Crippen LogP contribution in [0.2, 0.25) is 0 Å². The van der Waals surface area contributed by atoms with Crippen LogP contribution in [-0.4, -0.2) is 9.97 Å². The molecule has 0 amide bonds. The standard InChI is InChI=1S/C5H5N2.V/c1-5-4-6-2-3-7-5;/h2-3H,1H3;/q-1;+2. The molecule has 1 heterocycles. The third-order valence-corrected chi connectivity index (χ3v) is 0.636. The van der Waals surface area contributed by atoms with Crippen LogP contribution in [0, 0.1) is 13.1 Å². The summed E-state index contributed by atoms with van der Waals surface area (Å²) in [4.78, 5) is 7.56. The largest absolute Gasteiger partial charge is 2.00 e. The molecular weight excluding hydrogens is 139 g/mol. The minimum Gasteiger partial charge on any atom is -0.456 e. The van der Waals surface area contributed by atoms with Gasteiger partial charge in [-0.3, -0.25) is 4.98 Å². The van der Waals surface area contributed by atoms with E-state index in [4.69, 9.17) is 0 Å². The van der Waals surface area contributed by atoms with E-state index in [2.05, 4.69) is 16.2 Å². The van der Waals surface area contributed by atoms with Gasteiger partial charge in [0.1, 0.15) is 0 Å². The number of hydrogen-bond donors (Lipinski definition) is 0. The Morgan fingerprint density at radius 3 is 2.50 bits per heavy atom. The number of aromatic nitrogens is 2. The van der Waals surface area contributed by atoms with Gasteiger partial charge in [-0.1, -0.05) is 0 Å². The normalized spacial score (nSPS) is 7.62. The number of hydrogen-bond acceptors (Lipinski definition) is 2. The van der Waals surface area contributed by atoms with Gasteiger partial charge in [-0.2, -0.15) is 0 Å². The average molecular weight is 144 g/mol. The second-order valence-electron chi connectivity index (χ2n) is 1.25. The molecular formula is C5H5N2V+. The summed E-state index contributed by atoms with van der Waals surface area (Å²) in [6, 6.07) is 0. The summed E-state index contributed by atoms with van der Waals surface area (Å²) in [6.07, 6.45) is 5.92. The number of aryl methyl sites for hydroxylation is 1. The van der Waals surface area contributed by atoms with E-state index in [1.807, 2.05) is 6.92 Å². The van der Waals surface area contributed by atoms with Crippen molar-refractivity contribution in [2.75, 3.05) is 0 Å². The Bertz CT molecular complexity index is 140. The first-order valence-corrected chi connectivity index (χ1v) is 2.05. The number of nitrogens with zero attached hydrogens (tertiary/aromatic N) is 2. The zero-order chi connectivity index (χ0) is 5.11. The van der Waals surface area contributed by atoms with Crippen LogP contribution < -0.4 is 0 Å². The quantitative estimate of drug-likeness (QED) is 0.498. The summed E-state index contributed by atoms with van der Waals surface area (Å²) < 4.78 is 0. The Morgan fingerprint density at radius 2 is 2.25 bits per heavy atom. The predicted molar refractivity (Wildman–Crippen MR) is 25.6 cm³/mol. The molecule has 1 rings (SSSR count). The molecule has 3 heteroatoms. The van der Waals surface area contributed by atoms with Gasteiger partial charge in [0.05, 0.1) is 0 Å². The zero-order valence-electron chi connectivity index (χ0n) is 4.50. The molecule has 0 spiro atoms. The maximum absolute atomic E-state index is 3.86. The summed E-state index contributed by atoms with van der Waals surface area (Å²) >= 11 is 0. The second kappa shape index (κ2) is 3.64. The van der Waals surface area contributed by atoms with Crippen molar-refractivity contribution in [2.24, 2.45) is 0 Å². The molecule has 39 valence electrons. The van der Waals surface area contributed by atoms with Crippen molar-refractivity contribution in [3.63, 3.8) is 0 Å².